The van der Waals surface area contributed by atoms with Crippen molar-refractivity contribution in [3.8, 4) is 0 Å². The minimum atomic E-state index is -1.62. The van der Waals surface area contributed by atoms with Crippen LogP contribution in [0.25, 0.3) is 0 Å². The maximum absolute atomic E-state index is 9.43. The van der Waals surface area contributed by atoms with E-state index in [0.717, 1.165) is 0 Å². The fourth-order valence-electron chi connectivity index (χ4n) is 3.05. The molecule has 0 heterocycles. The van der Waals surface area contributed by atoms with E-state index in [4.69, 9.17) is 69.6 Å². The highest BCUT2D eigenvalue weighted by Gasteiger charge is 2.85. The lowest BCUT2D eigenvalue weighted by Crippen LogP contribution is -2.52. The van der Waals surface area contributed by atoms with Crippen LogP contribution in [-0.2, 0) is 0 Å². The van der Waals surface area contributed by atoms with Crippen LogP contribution in [0.4, 0.5) is 0 Å². The molecule has 6 atom stereocenters. The predicted molar refractivity (Wildman–Crippen MR) is 72.0 cm³/mol. The van der Waals surface area contributed by atoms with E-state index in [9.17, 15) is 10.2 Å². The predicted octanol–water partition coefficient (Wildman–Crippen LogP) is 2.57. The summed E-state index contributed by atoms with van der Waals surface area (Å²) in [6, 6.07) is 0. The van der Waals surface area contributed by atoms with Gasteiger partial charge in [-0.15, -0.1) is 46.4 Å². The maximum Gasteiger partial charge on any atom is 0.160 e. The van der Waals surface area contributed by atoms with Gasteiger partial charge in [-0.1, -0.05) is 23.2 Å². The van der Waals surface area contributed by atoms with Gasteiger partial charge >= 0.3 is 0 Å². The second kappa shape index (κ2) is 4.33. The Labute approximate surface area is 129 Å². The van der Waals surface area contributed by atoms with E-state index in [2.05, 4.69) is 0 Å². The summed E-state index contributed by atoms with van der Waals surface area (Å²) >= 11 is 37.7. The van der Waals surface area contributed by atoms with E-state index in [1.807, 2.05) is 0 Å². The van der Waals surface area contributed by atoms with Crippen molar-refractivity contribution in [1.29, 1.82) is 0 Å². The van der Waals surface area contributed by atoms with Crippen molar-refractivity contribution in [3.63, 3.8) is 0 Å². The third-order valence-corrected chi connectivity index (χ3v) is 8.76. The number of hydrogen-bond donors (Lipinski definition) is 2. The zero-order chi connectivity index (χ0) is 13.2. The van der Waals surface area contributed by atoms with Gasteiger partial charge < -0.3 is 10.2 Å². The topological polar surface area (TPSA) is 40.5 Å². The number of aliphatic hydroxyl groups excluding tert-OH is 2. The molecule has 0 aromatic rings. The maximum atomic E-state index is 9.43. The molecule has 0 aromatic carbocycles. The molecule has 0 spiro atoms. The Kier molecular flexibility index (Phi) is 3.83. The lowest BCUT2D eigenvalue weighted by Gasteiger charge is -2.40. The molecule has 0 saturated heterocycles. The van der Waals surface area contributed by atoms with Gasteiger partial charge in [-0.25, -0.2) is 0 Å². The lowest BCUT2D eigenvalue weighted by molar-refractivity contribution is 0.0953. The number of rotatable bonds is 2. The number of halogens is 6. The zero-order valence-electron chi connectivity index (χ0n) is 8.39. The molecule has 2 bridgehead atoms. The molecule has 2 nitrogen and oxygen atoms in total. The summed E-state index contributed by atoms with van der Waals surface area (Å²) in [5.74, 6) is -1.22. The first-order chi connectivity index (χ1) is 7.71. The Hall–Kier alpha value is 1.66. The third-order valence-electron chi connectivity index (χ3n) is 3.98. The Morgan fingerprint density at radius 3 is 1.29 bits per heavy atom. The van der Waals surface area contributed by atoms with Crippen molar-refractivity contribution >= 4 is 69.6 Å². The van der Waals surface area contributed by atoms with Gasteiger partial charge in [-0.3, -0.25) is 0 Å². The number of alkyl halides is 6. The average Bonchev–Trinajstić information content (AvgIpc) is 2.48. The molecule has 2 fully saturated rings. The van der Waals surface area contributed by atoms with Crippen molar-refractivity contribution in [3.05, 3.63) is 0 Å². The molecule has 0 aliphatic heterocycles. The van der Waals surface area contributed by atoms with Crippen molar-refractivity contribution in [2.24, 2.45) is 11.8 Å². The largest absolute Gasteiger partial charge is 0.396 e. The molecule has 0 aromatic heterocycles. The molecule has 2 aliphatic carbocycles. The van der Waals surface area contributed by atoms with E-state index >= 15 is 0 Å². The van der Waals surface area contributed by atoms with Crippen molar-refractivity contribution < 1.29 is 10.2 Å². The van der Waals surface area contributed by atoms with Crippen molar-refractivity contribution in [2.75, 3.05) is 13.2 Å². The smallest absolute Gasteiger partial charge is 0.160 e. The zero-order valence-corrected chi connectivity index (χ0v) is 12.9. The normalized spacial score (nSPS) is 56.5. The minimum Gasteiger partial charge on any atom is -0.396 e. The van der Waals surface area contributed by atoms with Gasteiger partial charge in [0.15, 0.2) is 4.33 Å². The monoisotopic (exact) mass is 360 g/mol. The fraction of sp³-hybridized carbons (Fsp3) is 1.00. The fourth-order valence-corrected chi connectivity index (χ4v) is 6.53. The minimum absolute atomic E-state index is 0.322. The van der Waals surface area contributed by atoms with Crippen LogP contribution < -0.4 is 0 Å². The van der Waals surface area contributed by atoms with Crippen LogP contribution in [0.2, 0.25) is 0 Å². The Balaban J connectivity index is 2.63. The summed E-state index contributed by atoms with van der Waals surface area (Å²) in [5, 5.41) is 17.3. The number of fused-ring (bicyclic) bond motifs is 2. The van der Waals surface area contributed by atoms with Gasteiger partial charge in [0.25, 0.3) is 0 Å². The summed E-state index contributed by atoms with van der Waals surface area (Å²) in [4.78, 5) is -2.73. The van der Waals surface area contributed by atoms with Crippen LogP contribution in [0.1, 0.15) is 0 Å². The van der Waals surface area contributed by atoms with Crippen LogP contribution >= 0.6 is 69.6 Å². The summed E-state index contributed by atoms with van der Waals surface area (Å²) < 4.78 is -1.62. The summed E-state index contributed by atoms with van der Waals surface area (Å²) in [6.45, 7) is -0.644. The second-order valence-electron chi connectivity index (χ2n) is 4.49. The highest BCUT2D eigenvalue weighted by atomic mass is 35.5. The Bertz CT molecular complexity index is 309. The molecule has 17 heavy (non-hydrogen) atoms. The van der Waals surface area contributed by atoms with E-state index < -0.39 is 36.7 Å². The summed E-state index contributed by atoms with van der Waals surface area (Å²) in [5.41, 5.74) is 0. The third kappa shape index (κ3) is 1.40. The molecular weight excluding hydrogens is 353 g/mol. The quantitative estimate of drug-likeness (QED) is 0.741. The molecule has 100 valence electrons. The molecule has 8 heteroatoms. The Morgan fingerprint density at radius 2 is 1.06 bits per heavy atom. The van der Waals surface area contributed by atoms with Crippen LogP contribution in [0.3, 0.4) is 0 Å². The standard InChI is InChI=1S/C9H10Cl6O2/c10-5-6(11)8(13)4(2-17)3(1-16)7(5,12)9(8,14)15/h3-6,16-17H,1-2H2. The summed E-state index contributed by atoms with van der Waals surface area (Å²) in [6.07, 6.45) is 0. The van der Waals surface area contributed by atoms with Crippen molar-refractivity contribution in [1.82, 2.24) is 0 Å². The molecule has 2 saturated carbocycles. The van der Waals surface area contributed by atoms with Crippen LogP contribution in [0.5, 0.6) is 0 Å². The van der Waals surface area contributed by atoms with Crippen LogP contribution in [0, 0.1) is 11.8 Å². The number of hydrogen-bond acceptors (Lipinski definition) is 2. The molecular formula is C9H10Cl6O2. The second-order valence-corrected chi connectivity index (χ2v) is 8.01. The molecule has 6 unspecified atom stereocenters. The van der Waals surface area contributed by atoms with Crippen molar-refractivity contribution in [2.45, 2.75) is 24.8 Å². The van der Waals surface area contributed by atoms with E-state index in [-0.39, 0.29) is 13.2 Å². The molecule has 0 radical (unpaired) electrons. The Morgan fingerprint density at radius 1 is 0.765 bits per heavy atom. The van der Waals surface area contributed by atoms with Gasteiger partial charge in [-0.2, -0.15) is 0 Å². The van der Waals surface area contributed by atoms with Gasteiger partial charge in [-0.05, 0) is 0 Å². The molecule has 0 amide bonds. The first-order valence-corrected chi connectivity index (χ1v) is 7.35. The average molecular weight is 363 g/mol. The van der Waals surface area contributed by atoms with Gasteiger partial charge in [0.2, 0.25) is 0 Å². The number of aliphatic hydroxyl groups is 2. The van der Waals surface area contributed by atoms with Gasteiger partial charge in [0.05, 0.1) is 10.8 Å². The lowest BCUT2D eigenvalue weighted by atomic mass is 9.79. The first-order valence-electron chi connectivity index (χ1n) is 4.96. The van der Waals surface area contributed by atoms with Crippen LogP contribution in [-0.4, -0.2) is 48.3 Å². The van der Waals surface area contributed by atoms with Gasteiger partial charge in [0.1, 0.15) is 9.75 Å². The molecule has 2 N–H and O–H groups in total. The van der Waals surface area contributed by atoms with Gasteiger partial charge in [0, 0.05) is 25.0 Å². The highest BCUT2D eigenvalue weighted by molar-refractivity contribution is 6.62. The summed E-state index contributed by atoms with van der Waals surface area (Å²) in [7, 11) is 0. The first kappa shape index (κ1) is 15.1. The van der Waals surface area contributed by atoms with E-state index in [1.165, 1.54) is 0 Å². The van der Waals surface area contributed by atoms with Crippen LogP contribution in [0.15, 0.2) is 0 Å². The highest BCUT2D eigenvalue weighted by Crippen LogP contribution is 2.74. The SMILES string of the molecule is OCC1C(CO)C2(Cl)C(Cl)C(Cl)C1(Cl)C2(Cl)Cl. The molecule has 2 rings (SSSR count). The van der Waals surface area contributed by atoms with E-state index in [0.29, 0.717) is 0 Å². The van der Waals surface area contributed by atoms with E-state index in [1.54, 1.807) is 0 Å². The molecule has 2 aliphatic rings.